The highest BCUT2D eigenvalue weighted by molar-refractivity contribution is 5.79. The summed E-state index contributed by atoms with van der Waals surface area (Å²) in [6.07, 6.45) is 1.98. The third-order valence-electron chi connectivity index (χ3n) is 3.50. The maximum Gasteiger partial charge on any atom is 0.195 e. The molecule has 0 amide bonds. The molecule has 0 fully saturated rings. The number of hydrogen-bond acceptors (Lipinski definition) is 2. The summed E-state index contributed by atoms with van der Waals surface area (Å²) in [5, 5.41) is 0. The summed E-state index contributed by atoms with van der Waals surface area (Å²) in [5.74, 6) is 1.38. The summed E-state index contributed by atoms with van der Waals surface area (Å²) in [5.41, 5.74) is 4.67. The quantitative estimate of drug-likeness (QED) is 0.757. The lowest BCUT2D eigenvalue weighted by Gasteiger charge is -2.20. The molecular weight excluding hydrogens is 234 g/mol. The van der Waals surface area contributed by atoms with Gasteiger partial charge in [0.25, 0.3) is 0 Å². The van der Waals surface area contributed by atoms with Crippen molar-refractivity contribution in [2.45, 2.75) is 65.7 Å². The SMILES string of the molecule is CCCc1nc2cc(C(C)C)cc(C(C)(C)C)c2o1. The smallest absolute Gasteiger partial charge is 0.195 e. The first-order valence-corrected chi connectivity index (χ1v) is 7.26. The zero-order valence-electron chi connectivity index (χ0n) is 13.0. The number of hydrogen-bond donors (Lipinski definition) is 0. The van der Waals surface area contributed by atoms with Crippen LogP contribution in [0.4, 0.5) is 0 Å². The summed E-state index contributed by atoms with van der Waals surface area (Å²) >= 11 is 0. The lowest BCUT2D eigenvalue weighted by Crippen LogP contribution is -2.12. The average Bonchev–Trinajstić information content (AvgIpc) is 2.68. The third-order valence-corrected chi connectivity index (χ3v) is 3.50. The number of benzene rings is 1. The van der Waals surface area contributed by atoms with Gasteiger partial charge in [-0.15, -0.1) is 0 Å². The van der Waals surface area contributed by atoms with Gasteiger partial charge < -0.3 is 4.42 Å². The predicted octanol–water partition coefficient (Wildman–Crippen LogP) is 5.20. The molecule has 1 heterocycles. The molecule has 0 saturated carbocycles. The first kappa shape index (κ1) is 14.1. The van der Waals surface area contributed by atoms with Gasteiger partial charge in [-0.2, -0.15) is 0 Å². The molecule has 0 N–H and O–H groups in total. The van der Waals surface area contributed by atoms with Crippen molar-refractivity contribution in [1.82, 2.24) is 4.98 Å². The van der Waals surface area contributed by atoms with Gasteiger partial charge in [0.15, 0.2) is 11.5 Å². The van der Waals surface area contributed by atoms with Gasteiger partial charge in [-0.1, -0.05) is 47.6 Å². The van der Waals surface area contributed by atoms with Crippen LogP contribution >= 0.6 is 0 Å². The minimum absolute atomic E-state index is 0.0756. The number of fused-ring (bicyclic) bond motifs is 1. The summed E-state index contributed by atoms with van der Waals surface area (Å²) in [7, 11) is 0. The minimum atomic E-state index is 0.0756. The fraction of sp³-hybridized carbons (Fsp3) is 0.588. The van der Waals surface area contributed by atoms with Gasteiger partial charge in [0, 0.05) is 12.0 Å². The second kappa shape index (κ2) is 4.99. The molecule has 0 radical (unpaired) electrons. The third kappa shape index (κ3) is 2.83. The number of aryl methyl sites for hydroxylation is 1. The molecule has 2 rings (SSSR count). The molecule has 0 aliphatic heterocycles. The van der Waals surface area contributed by atoms with E-state index in [-0.39, 0.29) is 5.41 Å². The fourth-order valence-electron chi connectivity index (χ4n) is 2.31. The van der Waals surface area contributed by atoms with Crippen LogP contribution in [0.2, 0.25) is 0 Å². The molecule has 0 aliphatic carbocycles. The standard InChI is InChI=1S/C17H25NO/c1-7-8-15-18-14-10-12(11(2)3)9-13(16(14)19-15)17(4,5)6/h9-11H,7-8H2,1-6H3. The Kier molecular flexibility index (Phi) is 3.71. The maximum absolute atomic E-state index is 5.99. The lowest BCUT2D eigenvalue weighted by molar-refractivity contribution is 0.508. The van der Waals surface area contributed by atoms with Gasteiger partial charge in [-0.05, 0) is 29.4 Å². The van der Waals surface area contributed by atoms with Crippen LogP contribution in [0.1, 0.15) is 70.9 Å². The molecule has 0 unspecified atom stereocenters. The van der Waals surface area contributed by atoms with Crippen molar-refractivity contribution in [2.75, 3.05) is 0 Å². The Hall–Kier alpha value is -1.31. The molecule has 2 aromatic rings. The Morgan fingerprint density at radius 1 is 1.21 bits per heavy atom. The van der Waals surface area contributed by atoms with E-state index in [1.807, 2.05) is 0 Å². The van der Waals surface area contributed by atoms with Crippen LogP contribution in [0.5, 0.6) is 0 Å². The van der Waals surface area contributed by atoms with Crippen LogP contribution in [0.3, 0.4) is 0 Å². The molecule has 0 aliphatic rings. The van der Waals surface area contributed by atoms with Crippen molar-refractivity contribution < 1.29 is 4.42 Å². The van der Waals surface area contributed by atoms with Gasteiger partial charge in [0.05, 0.1) is 0 Å². The molecule has 2 heteroatoms. The minimum Gasteiger partial charge on any atom is -0.440 e. The van der Waals surface area contributed by atoms with E-state index in [1.165, 1.54) is 11.1 Å². The first-order chi connectivity index (χ1) is 8.82. The molecule has 0 spiro atoms. The van der Waals surface area contributed by atoms with Crippen molar-refractivity contribution in [2.24, 2.45) is 0 Å². The zero-order valence-corrected chi connectivity index (χ0v) is 13.0. The topological polar surface area (TPSA) is 26.0 Å². The van der Waals surface area contributed by atoms with Crippen LogP contribution in [0.25, 0.3) is 11.1 Å². The van der Waals surface area contributed by atoms with E-state index in [4.69, 9.17) is 4.42 Å². The van der Waals surface area contributed by atoms with E-state index >= 15 is 0 Å². The number of oxazole rings is 1. The van der Waals surface area contributed by atoms with Crippen molar-refractivity contribution in [1.29, 1.82) is 0 Å². The van der Waals surface area contributed by atoms with Crippen LogP contribution in [0, 0.1) is 0 Å². The van der Waals surface area contributed by atoms with Crippen molar-refractivity contribution in [3.05, 3.63) is 29.2 Å². The Balaban J connectivity index is 2.68. The highest BCUT2D eigenvalue weighted by Gasteiger charge is 2.22. The zero-order chi connectivity index (χ0) is 14.2. The molecule has 0 atom stereocenters. The normalized spacial score (nSPS) is 12.6. The number of aromatic nitrogens is 1. The number of rotatable bonds is 3. The van der Waals surface area contributed by atoms with Crippen LogP contribution in [0.15, 0.2) is 16.5 Å². The Morgan fingerprint density at radius 3 is 2.42 bits per heavy atom. The van der Waals surface area contributed by atoms with Crippen molar-refractivity contribution in [3.63, 3.8) is 0 Å². The molecule has 0 saturated heterocycles. The van der Waals surface area contributed by atoms with Gasteiger partial charge >= 0.3 is 0 Å². The summed E-state index contributed by atoms with van der Waals surface area (Å²) < 4.78 is 5.99. The highest BCUT2D eigenvalue weighted by Crippen LogP contribution is 2.34. The van der Waals surface area contributed by atoms with Crippen LogP contribution < -0.4 is 0 Å². The van der Waals surface area contributed by atoms with Gasteiger partial charge in [-0.3, -0.25) is 0 Å². The fourth-order valence-corrected chi connectivity index (χ4v) is 2.31. The average molecular weight is 259 g/mol. The van der Waals surface area contributed by atoms with E-state index in [0.717, 1.165) is 29.8 Å². The van der Waals surface area contributed by atoms with Gasteiger partial charge in [0.2, 0.25) is 0 Å². The van der Waals surface area contributed by atoms with Gasteiger partial charge in [0.1, 0.15) is 5.52 Å². The van der Waals surface area contributed by atoms with Crippen LogP contribution in [-0.2, 0) is 11.8 Å². The van der Waals surface area contributed by atoms with Crippen LogP contribution in [-0.4, -0.2) is 4.98 Å². The maximum atomic E-state index is 5.99. The summed E-state index contributed by atoms with van der Waals surface area (Å²) in [4.78, 5) is 4.65. The van der Waals surface area contributed by atoms with Crippen molar-refractivity contribution >= 4 is 11.1 Å². The summed E-state index contributed by atoms with van der Waals surface area (Å²) in [6.45, 7) is 13.3. The van der Waals surface area contributed by atoms with Gasteiger partial charge in [-0.25, -0.2) is 4.98 Å². The monoisotopic (exact) mass is 259 g/mol. The molecule has 0 bridgehead atoms. The second-order valence-corrected chi connectivity index (χ2v) is 6.68. The number of nitrogens with zero attached hydrogens (tertiary/aromatic N) is 1. The largest absolute Gasteiger partial charge is 0.440 e. The first-order valence-electron chi connectivity index (χ1n) is 7.26. The highest BCUT2D eigenvalue weighted by atomic mass is 16.3. The van der Waals surface area contributed by atoms with E-state index in [1.54, 1.807) is 0 Å². The lowest BCUT2D eigenvalue weighted by atomic mass is 9.84. The second-order valence-electron chi connectivity index (χ2n) is 6.68. The summed E-state index contributed by atoms with van der Waals surface area (Å²) in [6, 6.07) is 4.46. The Labute approximate surface area is 116 Å². The molecule has 19 heavy (non-hydrogen) atoms. The molecule has 1 aromatic carbocycles. The molecule has 104 valence electrons. The Morgan fingerprint density at radius 2 is 1.89 bits per heavy atom. The Bertz CT molecular complexity index is 573. The predicted molar refractivity (Wildman–Crippen MR) is 80.8 cm³/mol. The van der Waals surface area contributed by atoms with E-state index in [9.17, 15) is 0 Å². The molecule has 1 aromatic heterocycles. The molecular formula is C17H25NO. The molecule has 2 nitrogen and oxygen atoms in total. The van der Waals surface area contributed by atoms with Crippen molar-refractivity contribution in [3.8, 4) is 0 Å². The van der Waals surface area contributed by atoms with E-state index in [2.05, 4.69) is 58.7 Å². The van der Waals surface area contributed by atoms with E-state index in [0.29, 0.717) is 5.92 Å². The van der Waals surface area contributed by atoms with E-state index < -0.39 is 0 Å².